The topological polar surface area (TPSA) is 65.1 Å². The highest BCUT2D eigenvalue weighted by Gasteiger charge is 2.30. The van der Waals surface area contributed by atoms with Crippen LogP contribution in [-0.4, -0.2) is 72.7 Å². The number of hydrogen-bond acceptors (Lipinski definition) is 5. The number of anilines is 1. The summed E-state index contributed by atoms with van der Waals surface area (Å²) in [6.45, 7) is 11.4. The number of carbonyl (C=O) groups excluding carboxylic acids is 2. The van der Waals surface area contributed by atoms with Crippen molar-refractivity contribution in [3.05, 3.63) is 30.3 Å². The quantitative estimate of drug-likeness (QED) is 0.839. The maximum Gasteiger partial charge on any atom is 0.330 e. The fourth-order valence-corrected chi connectivity index (χ4v) is 3.74. The van der Waals surface area contributed by atoms with E-state index in [9.17, 15) is 9.59 Å². The third-order valence-corrected chi connectivity index (χ3v) is 5.51. The SMILES string of the molecule is CC(C)(C)C(=O)ON1CCC[C@@H](CN2CCN(C(=O)Nc3ccccc3)CC2)C1. The van der Waals surface area contributed by atoms with E-state index in [1.54, 1.807) is 0 Å². The molecule has 2 amide bonds. The average molecular weight is 403 g/mol. The summed E-state index contributed by atoms with van der Waals surface area (Å²) >= 11 is 0. The van der Waals surface area contributed by atoms with Gasteiger partial charge >= 0.3 is 12.0 Å². The number of piperidine rings is 1. The minimum absolute atomic E-state index is 0.0335. The summed E-state index contributed by atoms with van der Waals surface area (Å²) in [7, 11) is 0. The second kappa shape index (κ2) is 9.59. The zero-order valence-corrected chi connectivity index (χ0v) is 17.9. The molecule has 29 heavy (non-hydrogen) atoms. The van der Waals surface area contributed by atoms with Gasteiger partial charge in [-0.15, -0.1) is 5.06 Å². The molecular formula is C22H34N4O3. The molecule has 2 aliphatic heterocycles. The molecular weight excluding hydrogens is 368 g/mol. The molecule has 3 rings (SSSR count). The van der Waals surface area contributed by atoms with Gasteiger partial charge in [-0.05, 0) is 51.7 Å². The van der Waals surface area contributed by atoms with Crippen molar-refractivity contribution in [3.8, 4) is 0 Å². The fourth-order valence-electron chi connectivity index (χ4n) is 3.74. The van der Waals surface area contributed by atoms with E-state index in [4.69, 9.17) is 4.84 Å². The molecule has 0 bridgehead atoms. The molecule has 0 aromatic heterocycles. The molecule has 2 saturated heterocycles. The second-order valence-electron chi connectivity index (χ2n) is 9.11. The van der Waals surface area contributed by atoms with Gasteiger partial charge in [0.05, 0.1) is 5.41 Å². The Kier molecular flexibility index (Phi) is 7.14. The van der Waals surface area contributed by atoms with Crippen molar-refractivity contribution in [2.75, 3.05) is 51.1 Å². The number of urea groups is 1. The lowest BCUT2D eigenvalue weighted by atomic mass is 9.97. The molecule has 2 aliphatic rings. The Morgan fingerprint density at radius 2 is 1.76 bits per heavy atom. The van der Waals surface area contributed by atoms with Gasteiger partial charge in [-0.1, -0.05) is 18.2 Å². The third kappa shape index (κ3) is 6.44. The monoisotopic (exact) mass is 402 g/mol. The highest BCUT2D eigenvalue weighted by atomic mass is 16.7. The molecule has 1 aromatic carbocycles. The first kappa shape index (κ1) is 21.6. The van der Waals surface area contributed by atoms with Gasteiger partial charge in [-0.3, -0.25) is 4.90 Å². The minimum atomic E-state index is -0.483. The molecule has 0 saturated carbocycles. The van der Waals surface area contributed by atoms with Crippen molar-refractivity contribution < 1.29 is 14.4 Å². The van der Waals surface area contributed by atoms with Crippen LogP contribution in [0.4, 0.5) is 10.5 Å². The summed E-state index contributed by atoms with van der Waals surface area (Å²) in [6, 6.07) is 9.53. The van der Waals surface area contributed by atoms with Gasteiger partial charge < -0.3 is 15.1 Å². The first-order chi connectivity index (χ1) is 13.8. The van der Waals surface area contributed by atoms with Crippen LogP contribution in [0.15, 0.2) is 30.3 Å². The first-order valence-corrected chi connectivity index (χ1v) is 10.6. The molecule has 1 N–H and O–H groups in total. The van der Waals surface area contributed by atoms with Gasteiger partial charge in [0.15, 0.2) is 0 Å². The van der Waals surface area contributed by atoms with E-state index >= 15 is 0 Å². The predicted molar refractivity (Wildman–Crippen MR) is 113 cm³/mol. The number of benzene rings is 1. The van der Waals surface area contributed by atoms with E-state index in [1.165, 1.54) is 0 Å². The summed E-state index contributed by atoms with van der Waals surface area (Å²) in [6.07, 6.45) is 2.19. The third-order valence-electron chi connectivity index (χ3n) is 5.51. The van der Waals surface area contributed by atoms with Gasteiger partial charge in [0, 0.05) is 51.5 Å². The molecule has 2 heterocycles. The number of nitrogens with zero attached hydrogens (tertiary/aromatic N) is 3. The number of hydroxylamine groups is 2. The molecule has 2 fully saturated rings. The summed E-state index contributed by atoms with van der Waals surface area (Å²) < 4.78 is 0. The zero-order valence-electron chi connectivity index (χ0n) is 17.9. The van der Waals surface area contributed by atoms with Crippen LogP contribution in [0.1, 0.15) is 33.6 Å². The fraction of sp³-hybridized carbons (Fsp3) is 0.636. The van der Waals surface area contributed by atoms with E-state index in [1.807, 2.05) is 61.1 Å². The van der Waals surface area contributed by atoms with Crippen LogP contribution in [0.2, 0.25) is 0 Å². The number of amides is 2. The molecule has 0 spiro atoms. The minimum Gasteiger partial charge on any atom is -0.367 e. The molecule has 1 aromatic rings. The van der Waals surface area contributed by atoms with Crippen LogP contribution < -0.4 is 5.32 Å². The average Bonchev–Trinajstić information content (AvgIpc) is 2.69. The van der Waals surface area contributed by atoms with Crippen LogP contribution in [0.25, 0.3) is 0 Å². The summed E-state index contributed by atoms with van der Waals surface area (Å²) in [5.41, 5.74) is 0.343. The molecule has 0 aliphatic carbocycles. The lowest BCUT2D eigenvalue weighted by Gasteiger charge is -2.39. The van der Waals surface area contributed by atoms with E-state index in [-0.39, 0.29) is 12.0 Å². The van der Waals surface area contributed by atoms with Crippen molar-refractivity contribution in [3.63, 3.8) is 0 Å². The van der Waals surface area contributed by atoms with Crippen LogP contribution >= 0.6 is 0 Å². The Morgan fingerprint density at radius 1 is 1.07 bits per heavy atom. The van der Waals surface area contributed by atoms with E-state index in [0.717, 1.165) is 64.3 Å². The van der Waals surface area contributed by atoms with E-state index in [2.05, 4.69) is 10.2 Å². The van der Waals surface area contributed by atoms with Crippen molar-refractivity contribution in [2.24, 2.45) is 11.3 Å². The Morgan fingerprint density at radius 3 is 2.41 bits per heavy atom. The van der Waals surface area contributed by atoms with E-state index < -0.39 is 5.41 Å². The zero-order chi connectivity index (χ0) is 20.9. The maximum absolute atomic E-state index is 12.4. The summed E-state index contributed by atoms with van der Waals surface area (Å²) in [5, 5.41) is 4.80. The number of nitrogens with one attached hydrogen (secondary N) is 1. The molecule has 7 heteroatoms. The van der Waals surface area contributed by atoms with Gasteiger partial charge in [-0.25, -0.2) is 9.59 Å². The molecule has 160 valence electrons. The standard InChI is InChI=1S/C22H34N4O3/c1-22(2,3)20(27)29-26-11-7-8-18(17-26)16-24-12-14-25(15-13-24)21(28)23-19-9-5-4-6-10-19/h4-6,9-10,18H,7-8,11-17H2,1-3H3,(H,23,28)/t18-/m0/s1. The van der Waals surface area contributed by atoms with Crippen molar-refractivity contribution in [1.82, 2.24) is 14.9 Å². The van der Waals surface area contributed by atoms with Crippen LogP contribution in [0, 0.1) is 11.3 Å². The lowest BCUT2D eigenvalue weighted by molar-refractivity contribution is -0.208. The number of carbonyl (C=O) groups is 2. The molecule has 7 nitrogen and oxygen atoms in total. The van der Waals surface area contributed by atoms with Gasteiger partial charge in [0.2, 0.25) is 0 Å². The van der Waals surface area contributed by atoms with Gasteiger partial charge in [0.25, 0.3) is 0 Å². The number of para-hydroxylation sites is 1. The lowest BCUT2D eigenvalue weighted by Crippen LogP contribution is -2.52. The second-order valence-corrected chi connectivity index (χ2v) is 9.11. The number of hydrogen-bond donors (Lipinski definition) is 1. The highest BCUT2D eigenvalue weighted by molar-refractivity contribution is 5.89. The van der Waals surface area contributed by atoms with Gasteiger partial charge in [0.1, 0.15) is 0 Å². The van der Waals surface area contributed by atoms with Crippen LogP contribution in [0.3, 0.4) is 0 Å². The molecule has 1 atom stereocenters. The maximum atomic E-state index is 12.4. The first-order valence-electron chi connectivity index (χ1n) is 10.6. The normalized spacial score (nSPS) is 21.6. The van der Waals surface area contributed by atoms with Gasteiger partial charge in [-0.2, -0.15) is 0 Å². The Bertz CT molecular complexity index is 681. The molecule has 0 radical (unpaired) electrons. The number of rotatable bonds is 4. The Balaban J connectivity index is 1.41. The van der Waals surface area contributed by atoms with Crippen LogP contribution in [-0.2, 0) is 9.63 Å². The summed E-state index contributed by atoms with van der Waals surface area (Å²) in [4.78, 5) is 34.5. The van der Waals surface area contributed by atoms with Crippen molar-refractivity contribution in [1.29, 1.82) is 0 Å². The molecule has 0 unspecified atom stereocenters. The smallest absolute Gasteiger partial charge is 0.330 e. The predicted octanol–water partition coefficient (Wildman–Crippen LogP) is 3.05. The number of piperazine rings is 1. The largest absolute Gasteiger partial charge is 0.367 e. The Hall–Kier alpha value is -2.12. The summed E-state index contributed by atoms with van der Waals surface area (Å²) in [5.74, 6) is 0.317. The van der Waals surface area contributed by atoms with Crippen LogP contribution in [0.5, 0.6) is 0 Å². The Labute approximate surface area is 173 Å². The van der Waals surface area contributed by atoms with Crippen molar-refractivity contribution >= 4 is 17.7 Å². The van der Waals surface area contributed by atoms with E-state index in [0.29, 0.717) is 5.92 Å². The van der Waals surface area contributed by atoms with Crippen molar-refractivity contribution in [2.45, 2.75) is 33.6 Å². The highest BCUT2D eigenvalue weighted by Crippen LogP contribution is 2.22.